The molecule has 1 aliphatic rings. The van der Waals surface area contributed by atoms with E-state index in [0.717, 1.165) is 28.0 Å². The van der Waals surface area contributed by atoms with Gasteiger partial charge in [0.1, 0.15) is 11.5 Å². The van der Waals surface area contributed by atoms with Crippen LogP contribution in [0.1, 0.15) is 11.3 Å². The van der Waals surface area contributed by atoms with E-state index in [-0.39, 0.29) is 11.1 Å². The van der Waals surface area contributed by atoms with Crippen molar-refractivity contribution in [2.75, 3.05) is 7.05 Å². The van der Waals surface area contributed by atoms with Crippen molar-refractivity contribution in [3.63, 3.8) is 0 Å². The fourth-order valence-corrected chi connectivity index (χ4v) is 2.79. The van der Waals surface area contributed by atoms with Crippen molar-refractivity contribution in [2.45, 2.75) is 6.92 Å². The van der Waals surface area contributed by atoms with Crippen molar-refractivity contribution in [2.24, 2.45) is 0 Å². The van der Waals surface area contributed by atoms with Gasteiger partial charge in [-0.2, -0.15) is 0 Å². The van der Waals surface area contributed by atoms with Gasteiger partial charge in [-0.25, -0.2) is 0 Å². The first-order valence-electron chi connectivity index (χ1n) is 6.43. The first-order valence-corrected chi connectivity index (χ1v) is 7.25. The van der Waals surface area contributed by atoms with Crippen LogP contribution >= 0.6 is 11.8 Å². The quantitative estimate of drug-likeness (QED) is 0.789. The summed E-state index contributed by atoms with van der Waals surface area (Å²) in [5.74, 6) is 1.000. The molecule has 0 saturated carbocycles. The second-order valence-electron chi connectivity index (χ2n) is 4.81. The molecule has 1 aliphatic heterocycles. The van der Waals surface area contributed by atoms with E-state index >= 15 is 0 Å². The van der Waals surface area contributed by atoms with E-state index in [0.29, 0.717) is 10.7 Å². The van der Waals surface area contributed by atoms with Crippen molar-refractivity contribution in [3.8, 4) is 11.3 Å². The summed E-state index contributed by atoms with van der Waals surface area (Å²) in [6, 6.07) is 11.6. The number of amides is 2. The molecule has 0 radical (unpaired) electrons. The summed E-state index contributed by atoms with van der Waals surface area (Å²) < 4.78 is 5.72. The predicted molar refractivity (Wildman–Crippen MR) is 82.6 cm³/mol. The van der Waals surface area contributed by atoms with Gasteiger partial charge in [-0.1, -0.05) is 29.8 Å². The lowest BCUT2D eigenvalue weighted by Crippen LogP contribution is -2.22. The highest BCUT2D eigenvalue weighted by atomic mass is 32.2. The van der Waals surface area contributed by atoms with Gasteiger partial charge in [0.15, 0.2) is 0 Å². The lowest BCUT2D eigenvalue weighted by Gasteiger charge is -2.00. The Morgan fingerprint density at radius 3 is 2.43 bits per heavy atom. The van der Waals surface area contributed by atoms with Crippen LogP contribution < -0.4 is 0 Å². The number of imide groups is 1. The number of likely N-dealkylation sites (N-methyl/N-ethyl adjacent to an activating group) is 1. The number of rotatable bonds is 2. The van der Waals surface area contributed by atoms with Crippen LogP contribution in [0, 0.1) is 6.92 Å². The highest BCUT2D eigenvalue weighted by Crippen LogP contribution is 2.32. The molecule has 4 nitrogen and oxygen atoms in total. The molecule has 0 spiro atoms. The molecule has 2 aromatic rings. The van der Waals surface area contributed by atoms with Crippen LogP contribution in [-0.2, 0) is 4.79 Å². The topological polar surface area (TPSA) is 50.5 Å². The van der Waals surface area contributed by atoms with Crippen LogP contribution in [0.15, 0.2) is 45.7 Å². The van der Waals surface area contributed by atoms with Gasteiger partial charge in [-0.3, -0.25) is 14.5 Å². The molecule has 0 bridgehead atoms. The molecule has 0 N–H and O–H groups in total. The first-order chi connectivity index (χ1) is 10.0. The van der Waals surface area contributed by atoms with Gasteiger partial charge in [0.2, 0.25) is 0 Å². The van der Waals surface area contributed by atoms with E-state index in [4.69, 9.17) is 4.42 Å². The van der Waals surface area contributed by atoms with E-state index in [1.807, 2.05) is 37.3 Å². The maximum Gasteiger partial charge on any atom is 0.293 e. The zero-order valence-corrected chi connectivity index (χ0v) is 12.4. The average molecular weight is 299 g/mol. The van der Waals surface area contributed by atoms with Crippen LogP contribution in [0.2, 0.25) is 0 Å². The maximum absolute atomic E-state index is 11.8. The van der Waals surface area contributed by atoms with Crippen LogP contribution in [0.4, 0.5) is 4.79 Å². The number of hydrogen-bond acceptors (Lipinski definition) is 4. The predicted octanol–water partition coefficient (Wildman–Crippen LogP) is 3.92. The van der Waals surface area contributed by atoms with Crippen molar-refractivity contribution in [1.82, 2.24) is 4.90 Å². The number of benzene rings is 1. The molecule has 1 aromatic heterocycles. The second-order valence-corrected chi connectivity index (χ2v) is 5.80. The van der Waals surface area contributed by atoms with Gasteiger partial charge in [-0.05, 0) is 30.8 Å². The molecule has 1 saturated heterocycles. The summed E-state index contributed by atoms with van der Waals surface area (Å²) in [5.41, 5.74) is 2.16. The standard InChI is InChI=1S/C16H13NO3S/c1-10-3-5-11(6-4-10)13-8-7-12(20-13)9-14-15(18)17(2)16(19)21-14/h3-9H,1-2H3/b14-9-. The summed E-state index contributed by atoms with van der Waals surface area (Å²) >= 11 is 0.922. The molecule has 0 atom stereocenters. The Balaban J connectivity index is 1.87. The zero-order chi connectivity index (χ0) is 15.0. The molecule has 5 heteroatoms. The molecular formula is C16H13NO3S. The van der Waals surface area contributed by atoms with Crippen LogP contribution in [0.3, 0.4) is 0 Å². The maximum atomic E-state index is 11.8. The Morgan fingerprint density at radius 1 is 1.10 bits per heavy atom. The van der Waals surface area contributed by atoms with E-state index in [9.17, 15) is 9.59 Å². The van der Waals surface area contributed by atoms with Gasteiger partial charge in [0, 0.05) is 18.7 Å². The molecule has 1 fully saturated rings. The molecule has 2 heterocycles. The number of carbonyl (C=O) groups excluding carboxylic acids is 2. The first kappa shape index (κ1) is 13.7. The Kier molecular flexibility index (Phi) is 3.43. The Bertz CT molecular complexity index is 743. The number of thioether (sulfide) groups is 1. The number of aryl methyl sites for hydroxylation is 1. The summed E-state index contributed by atoms with van der Waals surface area (Å²) in [6.07, 6.45) is 1.60. The summed E-state index contributed by atoms with van der Waals surface area (Å²) in [5, 5.41) is -0.267. The summed E-state index contributed by atoms with van der Waals surface area (Å²) in [4.78, 5) is 24.7. The third kappa shape index (κ3) is 2.64. The SMILES string of the molecule is Cc1ccc(-c2ccc(/C=C3\SC(=O)N(C)C3=O)o2)cc1. The lowest BCUT2D eigenvalue weighted by molar-refractivity contribution is -0.121. The smallest absolute Gasteiger partial charge is 0.293 e. The third-order valence-electron chi connectivity index (χ3n) is 3.22. The van der Waals surface area contributed by atoms with Crippen LogP contribution in [0.5, 0.6) is 0 Å². The molecular weight excluding hydrogens is 286 g/mol. The highest BCUT2D eigenvalue weighted by molar-refractivity contribution is 8.18. The van der Waals surface area contributed by atoms with E-state index in [1.165, 1.54) is 12.6 Å². The minimum Gasteiger partial charge on any atom is -0.457 e. The van der Waals surface area contributed by atoms with Crippen molar-refractivity contribution < 1.29 is 14.0 Å². The lowest BCUT2D eigenvalue weighted by atomic mass is 10.1. The largest absolute Gasteiger partial charge is 0.457 e. The Labute approximate surface area is 126 Å². The fourth-order valence-electron chi connectivity index (χ4n) is 1.98. The van der Waals surface area contributed by atoms with Crippen LogP contribution in [0.25, 0.3) is 17.4 Å². The third-order valence-corrected chi connectivity index (χ3v) is 4.18. The molecule has 0 aliphatic carbocycles. The van der Waals surface area contributed by atoms with Gasteiger partial charge in [0.05, 0.1) is 4.91 Å². The van der Waals surface area contributed by atoms with Crippen molar-refractivity contribution in [3.05, 3.63) is 52.6 Å². The minimum atomic E-state index is -0.293. The normalized spacial score (nSPS) is 17.0. The zero-order valence-electron chi connectivity index (χ0n) is 11.6. The summed E-state index contributed by atoms with van der Waals surface area (Å²) in [6.45, 7) is 2.03. The molecule has 21 heavy (non-hydrogen) atoms. The number of carbonyl (C=O) groups is 2. The molecule has 3 rings (SSSR count). The van der Waals surface area contributed by atoms with Gasteiger partial charge in [-0.15, -0.1) is 0 Å². The number of furan rings is 1. The van der Waals surface area contributed by atoms with Crippen LogP contribution in [-0.4, -0.2) is 23.1 Å². The molecule has 0 unspecified atom stereocenters. The summed E-state index contributed by atoms with van der Waals surface area (Å²) in [7, 11) is 1.47. The monoisotopic (exact) mass is 299 g/mol. The van der Waals surface area contributed by atoms with Gasteiger partial charge in [0.25, 0.3) is 11.1 Å². The highest BCUT2D eigenvalue weighted by Gasteiger charge is 2.32. The minimum absolute atomic E-state index is 0.267. The number of hydrogen-bond donors (Lipinski definition) is 0. The second kappa shape index (κ2) is 5.26. The van der Waals surface area contributed by atoms with Gasteiger partial charge < -0.3 is 4.42 Å². The van der Waals surface area contributed by atoms with E-state index in [2.05, 4.69) is 0 Å². The Hall–Kier alpha value is -2.27. The number of nitrogens with zero attached hydrogens (tertiary/aromatic N) is 1. The van der Waals surface area contributed by atoms with E-state index < -0.39 is 0 Å². The molecule has 1 aromatic carbocycles. The average Bonchev–Trinajstić information content (AvgIpc) is 3.02. The van der Waals surface area contributed by atoms with E-state index in [1.54, 1.807) is 12.1 Å². The molecule has 106 valence electrons. The van der Waals surface area contributed by atoms with Gasteiger partial charge >= 0.3 is 0 Å². The Morgan fingerprint density at radius 2 is 1.81 bits per heavy atom. The van der Waals surface area contributed by atoms with Crippen molar-refractivity contribution >= 4 is 29.0 Å². The molecule has 2 amide bonds. The fraction of sp³-hybridized carbons (Fsp3) is 0.125. The van der Waals surface area contributed by atoms with Crippen molar-refractivity contribution in [1.29, 1.82) is 0 Å².